The number of rotatable bonds is 4. The molecule has 0 saturated heterocycles. The van der Waals surface area contributed by atoms with Gasteiger partial charge in [-0.15, -0.1) is 5.10 Å². The van der Waals surface area contributed by atoms with E-state index >= 15 is 0 Å². The summed E-state index contributed by atoms with van der Waals surface area (Å²) in [6.07, 6.45) is 0.469. The molecule has 4 rings (SSSR count). The third kappa shape index (κ3) is 3.06. The molecule has 2 aromatic heterocycles. The van der Waals surface area contributed by atoms with Crippen LogP contribution in [0.25, 0.3) is 10.9 Å². The highest BCUT2D eigenvalue weighted by Crippen LogP contribution is 2.19. The van der Waals surface area contributed by atoms with Gasteiger partial charge in [0.25, 0.3) is 5.91 Å². The van der Waals surface area contributed by atoms with Crippen LogP contribution in [-0.4, -0.2) is 25.7 Å². The van der Waals surface area contributed by atoms with E-state index < -0.39 is 0 Å². The zero-order chi connectivity index (χ0) is 18.1. The molecular formula is C19H16FN5O. The van der Waals surface area contributed by atoms with Gasteiger partial charge in [0.15, 0.2) is 0 Å². The number of H-pyrrole nitrogens is 1. The van der Waals surface area contributed by atoms with Crippen LogP contribution in [0.3, 0.4) is 0 Å². The van der Waals surface area contributed by atoms with Crippen molar-refractivity contribution in [3.63, 3.8) is 0 Å². The number of nitrogens with one attached hydrogen (secondary N) is 2. The topological polar surface area (TPSA) is 75.6 Å². The third-order valence-corrected chi connectivity index (χ3v) is 4.23. The van der Waals surface area contributed by atoms with Crippen molar-refractivity contribution >= 4 is 22.8 Å². The molecule has 0 spiro atoms. The number of anilines is 1. The number of carbonyl (C=O) groups excluding carboxylic acids is 1. The van der Waals surface area contributed by atoms with Gasteiger partial charge in [-0.25, -0.2) is 4.39 Å². The van der Waals surface area contributed by atoms with Gasteiger partial charge in [0, 0.05) is 24.4 Å². The minimum Gasteiger partial charge on any atom is -0.340 e. The van der Waals surface area contributed by atoms with Gasteiger partial charge in [0.1, 0.15) is 17.3 Å². The quantitative estimate of drug-likeness (QED) is 0.594. The zero-order valence-corrected chi connectivity index (χ0v) is 14.0. The number of aromatic amines is 1. The van der Waals surface area contributed by atoms with Crippen LogP contribution < -0.4 is 5.32 Å². The Morgan fingerprint density at radius 1 is 1.19 bits per heavy atom. The zero-order valence-electron chi connectivity index (χ0n) is 14.0. The first-order valence-corrected chi connectivity index (χ1v) is 8.12. The summed E-state index contributed by atoms with van der Waals surface area (Å²) in [5.41, 5.74) is 2.40. The molecule has 0 radical (unpaired) electrons. The average molecular weight is 349 g/mol. The van der Waals surface area contributed by atoms with Gasteiger partial charge >= 0.3 is 0 Å². The van der Waals surface area contributed by atoms with E-state index in [0.29, 0.717) is 17.9 Å². The van der Waals surface area contributed by atoms with E-state index in [-0.39, 0.29) is 17.7 Å². The summed E-state index contributed by atoms with van der Waals surface area (Å²) in [5.74, 6) is 0.228. The van der Waals surface area contributed by atoms with E-state index in [4.69, 9.17) is 0 Å². The number of hydrogen-bond donors (Lipinski definition) is 2. The maximum atomic E-state index is 13.0. The predicted molar refractivity (Wildman–Crippen MR) is 96.5 cm³/mol. The van der Waals surface area contributed by atoms with Crippen molar-refractivity contribution in [3.05, 3.63) is 77.5 Å². The number of carbonyl (C=O) groups is 1. The van der Waals surface area contributed by atoms with E-state index in [9.17, 15) is 9.18 Å². The SMILES string of the molecule is Cn1c(C(=O)Nc2n[nH]c(Cc3ccc(F)cc3)n2)cc2ccccc21. The molecule has 6 nitrogen and oxygen atoms in total. The number of benzene rings is 2. The smallest absolute Gasteiger partial charge is 0.274 e. The molecule has 0 aliphatic carbocycles. The summed E-state index contributed by atoms with van der Waals surface area (Å²) in [5, 5.41) is 10.5. The molecule has 0 aliphatic heterocycles. The first-order valence-electron chi connectivity index (χ1n) is 8.12. The predicted octanol–water partition coefficient (Wildman–Crippen LogP) is 3.28. The van der Waals surface area contributed by atoms with E-state index in [0.717, 1.165) is 16.5 Å². The number of nitrogens with zero attached hydrogens (tertiary/aromatic N) is 3. The largest absolute Gasteiger partial charge is 0.340 e. The van der Waals surface area contributed by atoms with Gasteiger partial charge in [-0.05, 0) is 29.8 Å². The van der Waals surface area contributed by atoms with Crippen LogP contribution in [0.2, 0.25) is 0 Å². The van der Waals surface area contributed by atoms with Crippen molar-refractivity contribution in [2.45, 2.75) is 6.42 Å². The molecule has 0 fully saturated rings. The summed E-state index contributed by atoms with van der Waals surface area (Å²) in [6, 6.07) is 15.8. The minimum atomic E-state index is -0.283. The Morgan fingerprint density at radius 3 is 2.73 bits per heavy atom. The Labute approximate surface area is 148 Å². The molecule has 2 N–H and O–H groups in total. The van der Waals surface area contributed by atoms with Crippen LogP contribution in [0, 0.1) is 5.82 Å². The average Bonchev–Trinajstić information content (AvgIpc) is 3.22. The van der Waals surface area contributed by atoms with Crippen molar-refractivity contribution in [2.24, 2.45) is 7.05 Å². The minimum absolute atomic E-state index is 0.206. The van der Waals surface area contributed by atoms with Gasteiger partial charge < -0.3 is 4.57 Å². The highest BCUT2D eigenvalue weighted by Gasteiger charge is 2.15. The van der Waals surface area contributed by atoms with E-state index in [1.807, 2.05) is 41.9 Å². The third-order valence-electron chi connectivity index (χ3n) is 4.23. The maximum absolute atomic E-state index is 13.0. The van der Waals surface area contributed by atoms with E-state index in [1.54, 1.807) is 12.1 Å². The monoisotopic (exact) mass is 349 g/mol. The Balaban J connectivity index is 1.50. The lowest BCUT2D eigenvalue weighted by Gasteiger charge is -2.03. The molecule has 0 bridgehead atoms. The second-order valence-electron chi connectivity index (χ2n) is 6.01. The van der Waals surface area contributed by atoms with Crippen molar-refractivity contribution in [1.82, 2.24) is 19.7 Å². The fourth-order valence-corrected chi connectivity index (χ4v) is 2.90. The van der Waals surface area contributed by atoms with Crippen LogP contribution in [0.5, 0.6) is 0 Å². The molecule has 0 unspecified atom stereocenters. The lowest BCUT2D eigenvalue weighted by molar-refractivity contribution is 0.101. The van der Waals surface area contributed by atoms with Crippen LogP contribution in [0.4, 0.5) is 10.3 Å². The molecule has 0 aliphatic rings. The van der Waals surface area contributed by atoms with E-state index in [1.165, 1.54) is 12.1 Å². The van der Waals surface area contributed by atoms with Gasteiger partial charge in [0.05, 0.1) is 0 Å². The number of aromatic nitrogens is 4. The standard InChI is InChI=1S/C19H16FN5O/c1-25-15-5-3-2-4-13(15)11-16(25)18(26)22-19-21-17(23-24-19)10-12-6-8-14(20)9-7-12/h2-9,11H,10H2,1H3,(H2,21,22,23,24,26). The number of fused-ring (bicyclic) bond motifs is 1. The Hall–Kier alpha value is -3.48. The Bertz CT molecular complexity index is 1080. The molecule has 0 atom stereocenters. The second-order valence-corrected chi connectivity index (χ2v) is 6.01. The number of hydrogen-bond acceptors (Lipinski definition) is 3. The molecule has 130 valence electrons. The maximum Gasteiger partial charge on any atom is 0.274 e. The number of para-hydroxylation sites is 1. The summed E-state index contributed by atoms with van der Waals surface area (Å²) in [7, 11) is 1.84. The normalized spacial score (nSPS) is 11.0. The highest BCUT2D eigenvalue weighted by atomic mass is 19.1. The van der Waals surface area contributed by atoms with Gasteiger partial charge in [0.2, 0.25) is 5.95 Å². The molecule has 1 amide bonds. The van der Waals surface area contributed by atoms with Gasteiger partial charge in [-0.3, -0.25) is 15.2 Å². The summed E-state index contributed by atoms with van der Waals surface area (Å²) < 4.78 is 14.8. The van der Waals surface area contributed by atoms with Gasteiger partial charge in [-0.2, -0.15) is 4.98 Å². The van der Waals surface area contributed by atoms with Gasteiger partial charge in [-0.1, -0.05) is 30.3 Å². The highest BCUT2D eigenvalue weighted by molar-refractivity contribution is 6.05. The lowest BCUT2D eigenvalue weighted by atomic mass is 10.1. The van der Waals surface area contributed by atoms with Crippen LogP contribution in [0.15, 0.2) is 54.6 Å². The lowest BCUT2D eigenvalue weighted by Crippen LogP contribution is -2.16. The second kappa shape index (κ2) is 6.44. The summed E-state index contributed by atoms with van der Waals surface area (Å²) >= 11 is 0. The summed E-state index contributed by atoms with van der Waals surface area (Å²) in [6.45, 7) is 0. The van der Waals surface area contributed by atoms with E-state index in [2.05, 4.69) is 20.5 Å². The Morgan fingerprint density at radius 2 is 1.96 bits per heavy atom. The molecule has 2 heterocycles. The van der Waals surface area contributed by atoms with Crippen LogP contribution in [-0.2, 0) is 13.5 Å². The Kier molecular flexibility index (Phi) is 3.96. The van der Waals surface area contributed by atoms with Crippen molar-refractivity contribution in [2.75, 3.05) is 5.32 Å². The van der Waals surface area contributed by atoms with Crippen molar-refractivity contribution in [1.29, 1.82) is 0 Å². The number of amides is 1. The first kappa shape index (κ1) is 16.0. The molecule has 7 heteroatoms. The molecule has 4 aromatic rings. The summed E-state index contributed by atoms with van der Waals surface area (Å²) in [4.78, 5) is 16.8. The fourth-order valence-electron chi connectivity index (χ4n) is 2.90. The molecule has 26 heavy (non-hydrogen) atoms. The first-order chi connectivity index (χ1) is 12.6. The number of aryl methyl sites for hydroxylation is 1. The number of halogens is 1. The molecule has 2 aromatic carbocycles. The molecule has 0 saturated carbocycles. The van der Waals surface area contributed by atoms with Crippen molar-refractivity contribution < 1.29 is 9.18 Å². The molecular weight excluding hydrogens is 333 g/mol. The van der Waals surface area contributed by atoms with Crippen LogP contribution >= 0.6 is 0 Å². The van der Waals surface area contributed by atoms with Crippen molar-refractivity contribution in [3.8, 4) is 0 Å². The van der Waals surface area contributed by atoms with Crippen LogP contribution in [0.1, 0.15) is 21.9 Å². The fraction of sp³-hybridized carbons (Fsp3) is 0.105.